The van der Waals surface area contributed by atoms with Crippen molar-refractivity contribution in [2.24, 2.45) is 5.16 Å². The predicted octanol–water partition coefficient (Wildman–Crippen LogP) is -1.76. The van der Waals surface area contributed by atoms with Crippen LogP contribution in [0, 0.1) is 0 Å². The van der Waals surface area contributed by atoms with E-state index >= 15 is 0 Å². The number of nitrogens with two attached hydrogens (primary N) is 1. The first-order valence-corrected chi connectivity index (χ1v) is 12.2. The van der Waals surface area contributed by atoms with Gasteiger partial charge in [-0.15, -0.1) is 23.1 Å². The maximum absolute atomic E-state index is 13.0. The van der Waals surface area contributed by atoms with Crippen molar-refractivity contribution in [3.8, 4) is 0 Å². The van der Waals surface area contributed by atoms with E-state index in [2.05, 4.69) is 20.2 Å². The van der Waals surface area contributed by atoms with Gasteiger partial charge in [-0.25, -0.2) is 9.78 Å². The maximum Gasteiger partial charge on any atom is 0.362 e. The number of amides is 3. The Morgan fingerprint density at radius 2 is 2.06 bits per heavy atom. The van der Waals surface area contributed by atoms with Crippen LogP contribution < -0.4 is 11.1 Å². The SMILES string of the molecule is CC(=O)OC(=O)C1=C(C(O)C(=O)N2CCC2)CSC2C(NC(=O)/C(=N\O)c3csc(N)n3)C(=O)N12. The third kappa shape index (κ3) is 4.46. The molecule has 0 aliphatic carbocycles. The second kappa shape index (κ2) is 9.63. The highest BCUT2D eigenvalue weighted by molar-refractivity contribution is 8.00. The van der Waals surface area contributed by atoms with Gasteiger partial charge >= 0.3 is 11.9 Å². The van der Waals surface area contributed by atoms with Crippen LogP contribution in [0.1, 0.15) is 19.0 Å². The number of oxime groups is 1. The van der Waals surface area contributed by atoms with Gasteiger partial charge in [-0.1, -0.05) is 5.16 Å². The number of likely N-dealkylation sites (tertiary alicyclic amines) is 1. The lowest BCUT2D eigenvalue weighted by Gasteiger charge is -2.50. The molecule has 3 aliphatic heterocycles. The van der Waals surface area contributed by atoms with Gasteiger partial charge < -0.3 is 31.0 Å². The summed E-state index contributed by atoms with van der Waals surface area (Å²) in [6, 6.07) is -1.13. The van der Waals surface area contributed by atoms with E-state index in [1.54, 1.807) is 0 Å². The first-order valence-electron chi connectivity index (χ1n) is 10.3. The van der Waals surface area contributed by atoms with Crippen LogP contribution in [0.3, 0.4) is 0 Å². The zero-order valence-corrected chi connectivity index (χ0v) is 19.8. The van der Waals surface area contributed by atoms with Gasteiger partial charge in [-0.2, -0.15) is 0 Å². The molecule has 35 heavy (non-hydrogen) atoms. The molecule has 3 unspecified atom stereocenters. The average Bonchev–Trinajstić information content (AvgIpc) is 3.20. The fourth-order valence-corrected chi connectivity index (χ4v) is 5.63. The number of fused-ring (bicyclic) bond motifs is 1. The Bertz CT molecular complexity index is 1180. The van der Waals surface area contributed by atoms with Crippen LogP contribution in [0.15, 0.2) is 21.8 Å². The van der Waals surface area contributed by atoms with Crippen LogP contribution >= 0.6 is 23.1 Å². The molecule has 2 saturated heterocycles. The molecule has 0 spiro atoms. The molecule has 3 atom stereocenters. The van der Waals surface area contributed by atoms with E-state index in [0.29, 0.717) is 13.1 Å². The van der Waals surface area contributed by atoms with E-state index in [0.717, 1.165) is 41.3 Å². The predicted molar refractivity (Wildman–Crippen MR) is 121 cm³/mol. The molecular weight excluding hydrogens is 504 g/mol. The summed E-state index contributed by atoms with van der Waals surface area (Å²) in [6.07, 6.45) is -0.922. The number of hydrogen-bond acceptors (Lipinski definition) is 13. The lowest BCUT2D eigenvalue weighted by atomic mass is 9.99. The van der Waals surface area contributed by atoms with Crippen molar-refractivity contribution in [3.63, 3.8) is 0 Å². The number of rotatable bonds is 6. The molecule has 4 heterocycles. The van der Waals surface area contributed by atoms with E-state index in [1.165, 1.54) is 10.3 Å². The van der Waals surface area contributed by atoms with Crippen LogP contribution in [0.2, 0.25) is 0 Å². The van der Waals surface area contributed by atoms with Crippen LogP contribution in [0.4, 0.5) is 5.13 Å². The number of nitrogen functional groups attached to an aromatic ring is 1. The fraction of sp³-hybridized carbons (Fsp3) is 0.421. The number of ether oxygens (including phenoxy) is 1. The Morgan fingerprint density at radius 3 is 2.60 bits per heavy atom. The molecule has 3 aliphatic rings. The first kappa shape index (κ1) is 24.6. The van der Waals surface area contributed by atoms with Gasteiger partial charge in [0.15, 0.2) is 16.9 Å². The van der Waals surface area contributed by atoms with Gasteiger partial charge in [0.25, 0.3) is 17.7 Å². The van der Waals surface area contributed by atoms with Gasteiger partial charge in [-0.05, 0) is 6.42 Å². The molecule has 2 fully saturated rings. The van der Waals surface area contributed by atoms with E-state index in [4.69, 9.17) is 5.73 Å². The van der Waals surface area contributed by atoms with Crippen molar-refractivity contribution in [1.82, 2.24) is 20.1 Å². The number of nitrogens with zero attached hydrogens (tertiary/aromatic N) is 4. The van der Waals surface area contributed by atoms with Crippen molar-refractivity contribution in [2.75, 3.05) is 24.6 Å². The highest BCUT2D eigenvalue weighted by atomic mass is 32.2. The van der Waals surface area contributed by atoms with Crippen LogP contribution in [0.5, 0.6) is 0 Å². The van der Waals surface area contributed by atoms with Gasteiger partial charge in [0.2, 0.25) is 0 Å². The van der Waals surface area contributed by atoms with Gasteiger partial charge in [0, 0.05) is 36.7 Å². The summed E-state index contributed by atoms with van der Waals surface area (Å²) >= 11 is 2.11. The van der Waals surface area contributed by atoms with Crippen molar-refractivity contribution in [2.45, 2.75) is 30.9 Å². The Kier molecular flexibility index (Phi) is 6.77. The van der Waals surface area contributed by atoms with E-state index in [9.17, 15) is 34.3 Å². The lowest BCUT2D eigenvalue weighted by molar-refractivity contribution is -0.160. The van der Waals surface area contributed by atoms with E-state index in [-0.39, 0.29) is 22.2 Å². The van der Waals surface area contributed by atoms with Crippen LogP contribution in [-0.4, -0.2) is 96.8 Å². The van der Waals surface area contributed by atoms with Crippen molar-refractivity contribution in [3.05, 3.63) is 22.3 Å². The molecule has 1 aromatic rings. The Balaban J connectivity index is 1.57. The number of hydrogen-bond donors (Lipinski definition) is 4. The third-order valence-corrected chi connectivity index (χ3v) is 7.50. The van der Waals surface area contributed by atoms with Crippen LogP contribution in [-0.2, 0) is 28.7 Å². The number of thioether (sulfide) groups is 1. The highest BCUT2D eigenvalue weighted by Gasteiger charge is 2.56. The molecule has 0 radical (unpaired) electrons. The second-order valence-corrected chi connectivity index (χ2v) is 9.71. The van der Waals surface area contributed by atoms with Gasteiger partial charge in [0.1, 0.15) is 22.8 Å². The zero-order valence-electron chi connectivity index (χ0n) is 18.2. The Morgan fingerprint density at radius 1 is 1.34 bits per heavy atom. The van der Waals surface area contributed by atoms with Crippen molar-refractivity contribution in [1.29, 1.82) is 0 Å². The Labute approximate surface area is 205 Å². The number of anilines is 1. The number of carbonyl (C=O) groups is 5. The summed E-state index contributed by atoms with van der Waals surface area (Å²) in [5.74, 6) is -4.46. The average molecular weight is 525 g/mol. The topological polar surface area (TPSA) is 205 Å². The fourth-order valence-electron chi connectivity index (χ4n) is 3.70. The maximum atomic E-state index is 13.0. The largest absolute Gasteiger partial charge is 0.410 e. The number of β-lactam (4-membered cyclic amide) rings is 1. The molecule has 0 saturated carbocycles. The summed E-state index contributed by atoms with van der Waals surface area (Å²) in [7, 11) is 0. The number of carbonyl (C=O) groups excluding carboxylic acids is 5. The molecule has 4 rings (SSSR count). The van der Waals surface area contributed by atoms with Gasteiger partial charge in [-0.3, -0.25) is 24.1 Å². The number of thiazole rings is 1. The van der Waals surface area contributed by atoms with Crippen molar-refractivity contribution < 1.29 is 39.0 Å². The summed E-state index contributed by atoms with van der Waals surface area (Å²) in [6.45, 7) is 1.92. The van der Waals surface area contributed by atoms with E-state index in [1.807, 2.05) is 0 Å². The molecule has 16 heteroatoms. The number of esters is 2. The molecule has 1 aromatic heterocycles. The van der Waals surface area contributed by atoms with Crippen LogP contribution in [0.25, 0.3) is 0 Å². The summed E-state index contributed by atoms with van der Waals surface area (Å²) in [5, 5.41) is 26.0. The quantitative estimate of drug-likeness (QED) is 0.0819. The molecule has 0 aromatic carbocycles. The normalized spacial score (nSPS) is 22.6. The number of nitrogens with one attached hydrogen (secondary N) is 1. The minimum absolute atomic E-state index is 0.00737. The number of aliphatic hydroxyl groups is 1. The molecule has 5 N–H and O–H groups in total. The zero-order chi connectivity index (χ0) is 25.4. The lowest BCUT2D eigenvalue weighted by Crippen LogP contribution is -2.71. The highest BCUT2D eigenvalue weighted by Crippen LogP contribution is 2.42. The minimum atomic E-state index is -1.71. The Hall–Kier alpha value is -3.50. The summed E-state index contributed by atoms with van der Waals surface area (Å²) in [4.78, 5) is 68.5. The molecule has 14 nitrogen and oxygen atoms in total. The smallest absolute Gasteiger partial charge is 0.362 e. The first-order chi connectivity index (χ1) is 16.6. The number of aliphatic hydroxyl groups excluding tert-OH is 1. The summed E-state index contributed by atoms with van der Waals surface area (Å²) < 4.78 is 4.65. The van der Waals surface area contributed by atoms with E-state index < -0.39 is 58.6 Å². The number of aromatic nitrogens is 1. The molecular formula is C19H20N6O8S2. The third-order valence-electron chi connectivity index (χ3n) is 5.53. The summed E-state index contributed by atoms with van der Waals surface area (Å²) in [5.41, 5.74) is 4.60. The molecule has 186 valence electrons. The second-order valence-electron chi connectivity index (χ2n) is 7.72. The monoisotopic (exact) mass is 524 g/mol. The molecule has 0 bridgehead atoms. The minimum Gasteiger partial charge on any atom is -0.410 e. The standard InChI is InChI=1S/C19H20N6O8S2/c1-7(26)33-18(31)12-8(13(27)16(30)24-3-2-4-24)5-34-17-11(15(29)25(12)17)22-14(28)10(23-32)9-6-35-19(20)21-9/h6,11,13,17,27,32H,2-5H2,1H3,(H2,20,21)(H,22,28)/b23-10-. The van der Waals surface area contributed by atoms with Gasteiger partial charge in [0.05, 0.1) is 0 Å². The van der Waals surface area contributed by atoms with Crippen molar-refractivity contribution >= 4 is 63.6 Å². The molecule has 3 amide bonds.